The minimum absolute atomic E-state index is 0.000783. The van der Waals surface area contributed by atoms with E-state index >= 15 is 0 Å². The summed E-state index contributed by atoms with van der Waals surface area (Å²) in [5.41, 5.74) is 4.12. The summed E-state index contributed by atoms with van der Waals surface area (Å²) in [4.78, 5) is 13.1. The largest absolute Gasteiger partial charge is 0.360 e. The highest BCUT2D eigenvalue weighted by molar-refractivity contribution is 6.33. The second kappa shape index (κ2) is 6.96. The van der Waals surface area contributed by atoms with Crippen molar-refractivity contribution in [2.75, 3.05) is 0 Å². The van der Waals surface area contributed by atoms with Gasteiger partial charge in [-0.1, -0.05) is 59.2 Å². The molecule has 0 radical (unpaired) electrons. The first-order valence-corrected chi connectivity index (χ1v) is 9.13. The summed E-state index contributed by atoms with van der Waals surface area (Å²) in [5.74, 6) is 0.307. The van der Waals surface area contributed by atoms with Crippen molar-refractivity contribution in [3.8, 4) is 11.3 Å². The topological polar surface area (TPSA) is 55.1 Å². The van der Waals surface area contributed by atoms with Gasteiger partial charge >= 0.3 is 0 Å². The molecule has 26 heavy (non-hydrogen) atoms. The molecule has 0 saturated carbocycles. The molecule has 0 fully saturated rings. The Hall–Kier alpha value is -2.59. The van der Waals surface area contributed by atoms with Gasteiger partial charge in [-0.2, -0.15) is 0 Å². The van der Waals surface area contributed by atoms with E-state index in [2.05, 4.69) is 22.6 Å². The molecule has 5 heteroatoms. The standard InChI is InChI=1S/C21H19ClN2O2/c1-13-19(20(24-26-13)16-10-4-5-11-17(16)22)21(25)23-18-12-6-8-14-7-2-3-9-15(14)18/h2-5,7,9-11,18H,6,8,12H2,1H3,(H,23,25). The van der Waals surface area contributed by atoms with Gasteiger partial charge in [0.15, 0.2) is 0 Å². The number of benzene rings is 2. The maximum atomic E-state index is 13.1. The number of carbonyl (C=O) groups excluding carboxylic acids is 1. The summed E-state index contributed by atoms with van der Waals surface area (Å²) in [5, 5.41) is 7.79. The molecular formula is C21H19ClN2O2. The van der Waals surface area contributed by atoms with E-state index < -0.39 is 0 Å². The average Bonchev–Trinajstić information content (AvgIpc) is 3.04. The molecule has 0 aliphatic heterocycles. The molecule has 1 atom stereocenters. The quantitative estimate of drug-likeness (QED) is 0.700. The number of aryl methyl sites for hydroxylation is 2. The van der Waals surface area contributed by atoms with Crippen LogP contribution in [0.2, 0.25) is 5.02 Å². The highest BCUT2D eigenvalue weighted by Crippen LogP contribution is 2.33. The lowest BCUT2D eigenvalue weighted by atomic mass is 9.87. The Kier molecular flexibility index (Phi) is 4.51. The van der Waals surface area contributed by atoms with Crippen molar-refractivity contribution in [2.45, 2.75) is 32.2 Å². The first-order chi connectivity index (χ1) is 12.6. The second-order valence-electron chi connectivity index (χ2n) is 6.56. The normalized spacial score (nSPS) is 16.2. The SMILES string of the molecule is Cc1onc(-c2ccccc2Cl)c1C(=O)NC1CCCc2ccccc21. The van der Waals surface area contributed by atoms with Gasteiger partial charge in [-0.05, 0) is 43.4 Å². The molecular weight excluding hydrogens is 348 g/mol. The van der Waals surface area contributed by atoms with Gasteiger partial charge in [0.25, 0.3) is 5.91 Å². The Labute approximate surface area is 157 Å². The van der Waals surface area contributed by atoms with Crippen LogP contribution in [0, 0.1) is 6.92 Å². The lowest BCUT2D eigenvalue weighted by Gasteiger charge is -2.26. The predicted molar refractivity (Wildman–Crippen MR) is 101 cm³/mol. The molecule has 2 aromatic carbocycles. The molecule has 0 spiro atoms. The van der Waals surface area contributed by atoms with Crippen molar-refractivity contribution < 1.29 is 9.32 Å². The Balaban J connectivity index is 1.67. The van der Waals surface area contributed by atoms with E-state index in [4.69, 9.17) is 16.1 Å². The van der Waals surface area contributed by atoms with Crippen LogP contribution in [0.4, 0.5) is 0 Å². The fourth-order valence-corrected chi connectivity index (χ4v) is 3.84. The van der Waals surface area contributed by atoms with Gasteiger partial charge in [-0.25, -0.2) is 0 Å². The van der Waals surface area contributed by atoms with Gasteiger partial charge in [0.1, 0.15) is 17.0 Å². The molecule has 4 nitrogen and oxygen atoms in total. The summed E-state index contributed by atoms with van der Waals surface area (Å²) >= 11 is 6.29. The number of nitrogens with zero attached hydrogens (tertiary/aromatic N) is 1. The number of hydrogen-bond donors (Lipinski definition) is 1. The lowest BCUT2D eigenvalue weighted by Crippen LogP contribution is -2.31. The van der Waals surface area contributed by atoms with Crippen molar-refractivity contribution in [1.82, 2.24) is 10.5 Å². The number of halogens is 1. The molecule has 1 aromatic heterocycles. The fourth-order valence-electron chi connectivity index (χ4n) is 3.61. The van der Waals surface area contributed by atoms with Crippen LogP contribution < -0.4 is 5.32 Å². The number of hydrogen-bond acceptors (Lipinski definition) is 3. The van der Waals surface area contributed by atoms with Crippen molar-refractivity contribution >= 4 is 17.5 Å². The molecule has 3 aromatic rings. The number of rotatable bonds is 3. The number of aromatic nitrogens is 1. The van der Waals surface area contributed by atoms with E-state index in [1.807, 2.05) is 30.3 Å². The smallest absolute Gasteiger partial charge is 0.257 e. The van der Waals surface area contributed by atoms with Gasteiger partial charge < -0.3 is 9.84 Å². The van der Waals surface area contributed by atoms with Gasteiger partial charge in [0.05, 0.1) is 11.1 Å². The first kappa shape index (κ1) is 16.9. The van der Waals surface area contributed by atoms with Crippen LogP contribution in [0.1, 0.15) is 46.1 Å². The van der Waals surface area contributed by atoms with Gasteiger partial charge in [-0.15, -0.1) is 0 Å². The van der Waals surface area contributed by atoms with Gasteiger partial charge in [0.2, 0.25) is 0 Å². The average molecular weight is 367 g/mol. The Bertz CT molecular complexity index is 964. The van der Waals surface area contributed by atoms with E-state index in [1.54, 1.807) is 13.0 Å². The van der Waals surface area contributed by atoms with Crippen molar-refractivity contribution in [3.63, 3.8) is 0 Å². The van der Waals surface area contributed by atoms with E-state index in [9.17, 15) is 4.79 Å². The molecule has 4 rings (SSSR count). The molecule has 1 aliphatic carbocycles. The molecule has 0 bridgehead atoms. The highest BCUT2D eigenvalue weighted by atomic mass is 35.5. The Morgan fingerprint density at radius 1 is 1.19 bits per heavy atom. The molecule has 0 saturated heterocycles. The third kappa shape index (κ3) is 3.01. The van der Waals surface area contributed by atoms with Gasteiger partial charge in [0, 0.05) is 5.56 Å². The van der Waals surface area contributed by atoms with Crippen LogP contribution in [-0.2, 0) is 6.42 Å². The van der Waals surface area contributed by atoms with Crippen LogP contribution in [0.3, 0.4) is 0 Å². The maximum absolute atomic E-state index is 13.1. The number of amides is 1. The summed E-state index contributed by atoms with van der Waals surface area (Å²) in [6.07, 6.45) is 3.04. The van der Waals surface area contributed by atoms with Crippen molar-refractivity contribution in [2.24, 2.45) is 0 Å². The second-order valence-corrected chi connectivity index (χ2v) is 6.97. The molecule has 1 amide bonds. The van der Waals surface area contributed by atoms with Crippen LogP contribution in [0.5, 0.6) is 0 Å². The summed E-state index contributed by atoms with van der Waals surface area (Å²) in [7, 11) is 0. The summed E-state index contributed by atoms with van der Waals surface area (Å²) in [6.45, 7) is 1.75. The van der Waals surface area contributed by atoms with Crippen LogP contribution in [-0.4, -0.2) is 11.1 Å². The highest BCUT2D eigenvalue weighted by Gasteiger charge is 2.27. The fraction of sp³-hybridized carbons (Fsp3) is 0.238. The van der Waals surface area contributed by atoms with Crippen molar-refractivity contribution in [3.05, 3.63) is 76.0 Å². The molecule has 1 heterocycles. The van der Waals surface area contributed by atoms with Crippen molar-refractivity contribution in [1.29, 1.82) is 0 Å². The number of fused-ring (bicyclic) bond motifs is 1. The van der Waals surface area contributed by atoms with E-state index in [-0.39, 0.29) is 11.9 Å². The Morgan fingerprint density at radius 2 is 1.96 bits per heavy atom. The molecule has 1 unspecified atom stereocenters. The third-order valence-electron chi connectivity index (χ3n) is 4.89. The van der Waals surface area contributed by atoms with E-state index in [0.29, 0.717) is 27.6 Å². The van der Waals surface area contributed by atoms with Crippen LogP contribution in [0.15, 0.2) is 53.1 Å². The van der Waals surface area contributed by atoms with Crippen LogP contribution >= 0.6 is 11.6 Å². The zero-order valence-electron chi connectivity index (χ0n) is 14.5. The number of nitrogens with one attached hydrogen (secondary N) is 1. The van der Waals surface area contributed by atoms with Crippen LogP contribution in [0.25, 0.3) is 11.3 Å². The van der Waals surface area contributed by atoms with E-state index in [0.717, 1.165) is 19.3 Å². The third-order valence-corrected chi connectivity index (χ3v) is 5.22. The lowest BCUT2D eigenvalue weighted by molar-refractivity contribution is 0.0932. The van der Waals surface area contributed by atoms with Gasteiger partial charge in [-0.3, -0.25) is 4.79 Å². The number of carbonyl (C=O) groups is 1. The van der Waals surface area contributed by atoms with E-state index in [1.165, 1.54) is 11.1 Å². The maximum Gasteiger partial charge on any atom is 0.257 e. The Morgan fingerprint density at radius 3 is 2.81 bits per heavy atom. The minimum atomic E-state index is -0.180. The first-order valence-electron chi connectivity index (χ1n) is 8.75. The monoisotopic (exact) mass is 366 g/mol. The zero-order chi connectivity index (χ0) is 18.1. The zero-order valence-corrected chi connectivity index (χ0v) is 15.2. The molecule has 132 valence electrons. The minimum Gasteiger partial charge on any atom is -0.360 e. The predicted octanol–water partition coefficient (Wildman–Crippen LogP) is 5.11. The molecule has 1 aliphatic rings. The molecule has 1 N–H and O–H groups in total. The summed E-state index contributed by atoms with van der Waals surface area (Å²) < 4.78 is 5.32. The summed E-state index contributed by atoms with van der Waals surface area (Å²) in [6, 6.07) is 15.6.